The van der Waals surface area contributed by atoms with Crippen LogP contribution in [0.5, 0.6) is 5.75 Å². The molecule has 2 aromatic carbocycles. The van der Waals surface area contributed by atoms with Crippen LogP contribution in [0.25, 0.3) is 6.08 Å². The molecule has 0 aliphatic carbocycles. The topological polar surface area (TPSA) is 66.8 Å². The number of thiocarbonyl (C=S) groups is 1. The van der Waals surface area contributed by atoms with Crippen LogP contribution in [0.15, 0.2) is 47.4 Å². The van der Waals surface area contributed by atoms with Gasteiger partial charge in [-0.05, 0) is 74.5 Å². The molecule has 1 fully saturated rings. The maximum Gasteiger partial charge on any atom is 0.323 e. The van der Waals surface area contributed by atoms with Crippen LogP contribution in [-0.2, 0) is 16.2 Å². The Morgan fingerprint density at radius 2 is 1.86 bits per heavy atom. The molecule has 3 rings (SSSR count). The lowest BCUT2D eigenvalue weighted by atomic mass is 10.2. The third-order valence-electron chi connectivity index (χ3n) is 3.71. The van der Waals surface area contributed by atoms with Crippen LogP contribution in [-0.4, -0.2) is 32.7 Å². The fourth-order valence-corrected chi connectivity index (χ4v) is 5.84. The predicted molar refractivity (Wildman–Crippen MR) is 130 cm³/mol. The fraction of sp³-hybridized carbons (Fsp3) is 0.105. The number of hydrogen-bond acceptors (Lipinski definition) is 5. The number of carbonyl (C=O) groups is 2. The van der Waals surface area contributed by atoms with E-state index in [-0.39, 0.29) is 10.2 Å². The maximum atomic E-state index is 12.4. The summed E-state index contributed by atoms with van der Waals surface area (Å²) >= 11 is 10.6. The number of carbonyl (C=O) groups excluding carboxylic acids is 1. The van der Waals surface area contributed by atoms with Crippen LogP contribution >= 0.6 is 69.2 Å². The number of rotatable bonds is 6. The standard InChI is InChI=1S/C19H13I2NO4S2/c20-13-6-12(8-15-18(25)22(9-16(23)24)19(27)28-15)7-14(21)17(13)26-10-11-4-2-1-3-5-11/h1-8H,9-10H2,(H,23,24)/b15-8-. The maximum absolute atomic E-state index is 12.4. The quantitative estimate of drug-likeness (QED) is 0.280. The molecular formula is C19H13I2NO4S2. The second-order valence-corrected chi connectivity index (χ2v) is 9.75. The molecule has 9 heteroatoms. The molecule has 1 aliphatic heterocycles. The number of carboxylic acid groups (broad SMARTS) is 1. The molecule has 1 aliphatic rings. The van der Waals surface area contributed by atoms with Gasteiger partial charge in [0.15, 0.2) is 0 Å². The highest BCUT2D eigenvalue weighted by atomic mass is 127. The average molecular weight is 637 g/mol. The first-order valence-corrected chi connectivity index (χ1v) is 11.4. The Balaban J connectivity index is 1.79. The SMILES string of the molecule is O=C(O)CN1C(=O)/C(=C/c2cc(I)c(OCc3ccccc3)c(I)c2)SC1=S. The van der Waals surface area contributed by atoms with E-state index in [1.165, 1.54) is 0 Å². The first kappa shape index (κ1) is 21.5. The van der Waals surface area contributed by atoms with Crippen molar-refractivity contribution in [3.8, 4) is 5.75 Å². The van der Waals surface area contributed by atoms with Crippen molar-refractivity contribution in [2.45, 2.75) is 6.61 Å². The van der Waals surface area contributed by atoms with E-state index in [0.717, 1.165) is 40.7 Å². The fourth-order valence-electron chi connectivity index (χ4n) is 2.45. The van der Waals surface area contributed by atoms with Gasteiger partial charge in [0.25, 0.3) is 5.91 Å². The van der Waals surface area contributed by atoms with E-state index in [0.29, 0.717) is 11.5 Å². The highest BCUT2D eigenvalue weighted by molar-refractivity contribution is 14.1. The van der Waals surface area contributed by atoms with Crippen molar-refractivity contribution in [2.24, 2.45) is 0 Å². The van der Waals surface area contributed by atoms with E-state index >= 15 is 0 Å². The van der Waals surface area contributed by atoms with Crippen molar-refractivity contribution in [3.63, 3.8) is 0 Å². The van der Waals surface area contributed by atoms with Crippen LogP contribution in [0.2, 0.25) is 0 Å². The van der Waals surface area contributed by atoms with Gasteiger partial charge in [-0.25, -0.2) is 0 Å². The minimum atomic E-state index is -1.10. The number of nitrogens with zero attached hydrogens (tertiary/aromatic N) is 1. The summed E-state index contributed by atoms with van der Waals surface area (Å²) in [7, 11) is 0. The molecule has 1 N–H and O–H groups in total. The van der Waals surface area contributed by atoms with Gasteiger partial charge in [-0.2, -0.15) is 0 Å². The third-order valence-corrected chi connectivity index (χ3v) is 6.69. The number of halogens is 2. The van der Waals surface area contributed by atoms with Gasteiger partial charge in [-0.15, -0.1) is 0 Å². The Kier molecular flexibility index (Phi) is 7.34. The van der Waals surface area contributed by atoms with Crippen LogP contribution < -0.4 is 4.74 Å². The van der Waals surface area contributed by atoms with Crippen LogP contribution in [0.1, 0.15) is 11.1 Å². The molecule has 5 nitrogen and oxygen atoms in total. The second-order valence-electron chi connectivity index (χ2n) is 5.75. The molecule has 28 heavy (non-hydrogen) atoms. The molecule has 0 unspecified atom stereocenters. The van der Waals surface area contributed by atoms with E-state index in [4.69, 9.17) is 22.1 Å². The van der Waals surface area contributed by atoms with Crippen molar-refractivity contribution >= 4 is 91.4 Å². The second kappa shape index (κ2) is 9.55. The highest BCUT2D eigenvalue weighted by Gasteiger charge is 2.33. The molecule has 0 aromatic heterocycles. The summed E-state index contributed by atoms with van der Waals surface area (Å²) in [4.78, 5) is 24.8. The van der Waals surface area contributed by atoms with Crippen molar-refractivity contribution < 1.29 is 19.4 Å². The smallest absolute Gasteiger partial charge is 0.323 e. The first-order chi connectivity index (χ1) is 13.3. The first-order valence-electron chi connectivity index (χ1n) is 7.98. The Bertz CT molecular complexity index is 956. The minimum Gasteiger partial charge on any atom is -0.487 e. The predicted octanol–water partition coefficient (Wildman–Crippen LogP) is 4.76. The summed E-state index contributed by atoms with van der Waals surface area (Å²) in [6.45, 7) is 0.0450. The molecule has 2 aromatic rings. The monoisotopic (exact) mass is 637 g/mol. The van der Waals surface area contributed by atoms with E-state index in [1.54, 1.807) is 6.08 Å². The zero-order valence-electron chi connectivity index (χ0n) is 14.2. The van der Waals surface area contributed by atoms with Crippen LogP contribution in [0.4, 0.5) is 0 Å². The Morgan fingerprint density at radius 3 is 2.46 bits per heavy atom. The molecule has 0 saturated carbocycles. The van der Waals surface area contributed by atoms with E-state index in [9.17, 15) is 9.59 Å². The number of benzene rings is 2. The van der Waals surface area contributed by atoms with Gasteiger partial charge in [-0.1, -0.05) is 54.3 Å². The van der Waals surface area contributed by atoms with E-state index in [2.05, 4.69) is 45.2 Å². The number of ether oxygens (including phenoxy) is 1. The minimum absolute atomic E-state index is 0.255. The molecular weight excluding hydrogens is 624 g/mol. The zero-order chi connectivity index (χ0) is 20.3. The van der Waals surface area contributed by atoms with Gasteiger partial charge in [-0.3, -0.25) is 14.5 Å². The average Bonchev–Trinajstić information content (AvgIpc) is 2.89. The molecule has 0 bridgehead atoms. The summed E-state index contributed by atoms with van der Waals surface area (Å²) < 4.78 is 8.08. The van der Waals surface area contributed by atoms with Crippen molar-refractivity contribution in [2.75, 3.05) is 6.54 Å². The largest absolute Gasteiger partial charge is 0.487 e. The van der Waals surface area contributed by atoms with Gasteiger partial charge >= 0.3 is 5.97 Å². The van der Waals surface area contributed by atoms with Gasteiger partial charge in [0.1, 0.15) is 23.2 Å². The molecule has 144 valence electrons. The number of carboxylic acids is 1. The van der Waals surface area contributed by atoms with Crippen molar-refractivity contribution in [1.82, 2.24) is 4.90 Å². The van der Waals surface area contributed by atoms with Crippen molar-refractivity contribution in [3.05, 3.63) is 65.6 Å². The summed E-state index contributed by atoms with van der Waals surface area (Å²) in [5.74, 6) is -0.686. The van der Waals surface area contributed by atoms with Gasteiger partial charge in [0.05, 0.1) is 12.0 Å². The number of thioether (sulfide) groups is 1. The van der Waals surface area contributed by atoms with Gasteiger partial charge in [0.2, 0.25) is 0 Å². The Morgan fingerprint density at radius 1 is 1.21 bits per heavy atom. The zero-order valence-corrected chi connectivity index (χ0v) is 20.2. The summed E-state index contributed by atoms with van der Waals surface area (Å²) in [5, 5.41) is 8.92. The molecule has 1 saturated heterocycles. The molecule has 1 amide bonds. The normalized spacial score (nSPS) is 15.4. The lowest BCUT2D eigenvalue weighted by Gasteiger charge is -2.12. The van der Waals surface area contributed by atoms with Crippen LogP contribution in [0.3, 0.4) is 0 Å². The number of amides is 1. The summed E-state index contributed by atoms with van der Waals surface area (Å²) in [6.07, 6.45) is 1.73. The van der Waals surface area contributed by atoms with Crippen molar-refractivity contribution in [1.29, 1.82) is 0 Å². The number of hydrogen-bond donors (Lipinski definition) is 1. The van der Waals surface area contributed by atoms with E-state index < -0.39 is 12.5 Å². The van der Waals surface area contributed by atoms with Gasteiger partial charge in [0, 0.05) is 0 Å². The summed E-state index contributed by atoms with van der Waals surface area (Å²) in [5.41, 5.74) is 1.91. The summed E-state index contributed by atoms with van der Waals surface area (Å²) in [6, 6.07) is 13.8. The van der Waals surface area contributed by atoms with Gasteiger partial charge < -0.3 is 9.84 Å². The van der Waals surface area contributed by atoms with E-state index in [1.807, 2.05) is 42.5 Å². The molecule has 0 atom stereocenters. The number of aliphatic carboxylic acids is 1. The lowest BCUT2D eigenvalue weighted by Crippen LogP contribution is -2.33. The molecule has 0 spiro atoms. The Labute approximate surface area is 198 Å². The third kappa shape index (κ3) is 5.24. The molecule has 0 radical (unpaired) electrons. The van der Waals surface area contributed by atoms with Crippen LogP contribution in [0, 0.1) is 7.14 Å². The lowest BCUT2D eigenvalue weighted by molar-refractivity contribution is -0.140. The Hall–Kier alpha value is -1.18. The molecule has 1 heterocycles. The highest BCUT2D eigenvalue weighted by Crippen LogP contribution is 2.35.